The second-order valence-corrected chi connectivity index (χ2v) is 12.8. The van der Waals surface area contributed by atoms with Crippen LogP contribution in [0.5, 0.6) is 5.75 Å². The highest BCUT2D eigenvalue weighted by Gasteiger charge is 2.30. The first-order valence-electron chi connectivity index (χ1n) is 15.3. The lowest BCUT2D eigenvalue weighted by Crippen LogP contribution is -2.37. The highest BCUT2D eigenvalue weighted by Crippen LogP contribution is 2.37. The number of carbonyl (C=O) groups excluding carboxylic acids is 2. The molecular formula is C32H40N6O3S. The van der Waals surface area contributed by atoms with Crippen LogP contribution in [0.1, 0.15) is 75.2 Å². The molecule has 0 radical (unpaired) electrons. The van der Waals surface area contributed by atoms with E-state index in [0.717, 1.165) is 60.9 Å². The molecule has 2 fully saturated rings. The Hall–Kier alpha value is -3.50. The van der Waals surface area contributed by atoms with Gasteiger partial charge in [-0.1, -0.05) is 12.5 Å². The number of benzene rings is 1. The van der Waals surface area contributed by atoms with Crippen LogP contribution in [0.15, 0.2) is 41.9 Å². The van der Waals surface area contributed by atoms with Crippen LogP contribution in [0.25, 0.3) is 21.3 Å². The Morgan fingerprint density at radius 1 is 1.07 bits per heavy atom. The number of ether oxygens (including phenoxy) is 1. The predicted molar refractivity (Wildman–Crippen MR) is 167 cm³/mol. The third-order valence-electron chi connectivity index (χ3n) is 8.45. The number of carbonyl (C=O) groups is 2. The van der Waals surface area contributed by atoms with E-state index >= 15 is 0 Å². The molecular weight excluding hydrogens is 548 g/mol. The molecule has 3 aromatic heterocycles. The van der Waals surface area contributed by atoms with E-state index in [9.17, 15) is 9.59 Å². The van der Waals surface area contributed by atoms with Crippen LogP contribution in [0.2, 0.25) is 0 Å². The SMILES string of the molecule is CC(C)NC(=O)C1CCC(n2c(NC(=O)c3ccc4ccsc4c3)nc3ncc(OCCN4CCCCC4)cc32)CC1. The number of amides is 2. The van der Waals surface area contributed by atoms with Gasteiger partial charge >= 0.3 is 0 Å². The molecule has 1 saturated carbocycles. The molecule has 0 spiro atoms. The molecule has 1 aliphatic heterocycles. The standard InChI is InChI=1S/C32H40N6O3S/c1-21(2)34-30(39)23-8-10-25(11-9-23)38-27-19-26(41-16-15-37-13-4-3-5-14-37)20-33-29(27)35-32(38)36-31(40)24-7-6-22-12-17-42-28(22)18-24/h6-7,12,17-21,23,25H,3-5,8-11,13-16H2,1-2H3,(H,34,39)(H,33,35,36,40). The maximum atomic E-state index is 13.4. The van der Waals surface area contributed by atoms with E-state index in [4.69, 9.17) is 9.72 Å². The number of hydrogen-bond donors (Lipinski definition) is 2. The van der Waals surface area contributed by atoms with E-state index in [2.05, 4.69) is 31.2 Å². The number of anilines is 1. The first kappa shape index (κ1) is 28.6. The van der Waals surface area contributed by atoms with Crippen LogP contribution in [0.3, 0.4) is 0 Å². The summed E-state index contributed by atoms with van der Waals surface area (Å²) in [6.45, 7) is 7.75. The van der Waals surface area contributed by atoms with Crippen molar-refractivity contribution in [1.29, 1.82) is 0 Å². The molecule has 0 unspecified atom stereocenters. The van der Waals surface area contributed by atoms with E-state index in [-0.39, 0.29) is 29.8 Å². The fourth-order valence-electron chi connectivity index (χ4n) is 6.24. The summed E-state index contributed by atoms with van der Waals surface area (Å²) < 4.78 is 9.33. The molecule has 6 rings (SSSR count). The van der Waals surface area contributed by atoms with Gasteiger partial charge in [-0.25, -0.2) is 4.98 Å². The number of fused-ring (bicyclic) bond motifs is 2. The molecule has 4 heterocycles. The average molecular weight is 589 g/mol. The zero-order chi connectivity index (χ0) is 29.1. The summed E-state index contributed by atoms with van der Waals surface area (Å²) in [5.41, 5.74) is 2.00. The van der Waals surface area contributed by atoms with Crippen molar-refractivity contribution in [2.45, 2.75) is 70.9 Å². The van der Waals surface area contributed by atoms with E-state index in [1.807, 2.05) is 43.5 Å². The van der Waals surface area contributed by atoms with Gasteiger partial charge in [-0.05, 0) is 94.4 Å². The molecule has 42 heavy (non-hydrogen) atoms. The highest BCUT2D eigenvalue weighted by molar-refractivity contribution is 7.17. The van der Waals surface area contributed by atoms with E-state index in [0.29, 0.717) is 29.5 Å². The van der Waals surface area contributed by atoms with Gasteiger partial charge in [0.1, 0.15) is 12.4 Å². The van der Waals surface area contributed by atoms with Gasteiger partial charge in [0.25, 0.3) is 5.91 Å². The molecule has 0 bridgehead atoms. The van der Waals surface area contributed by atoms with E-state index in [1.165, 1.54) is 19.3 Å². The predicted octanol–water partition coefficient (Wildman–Crippen LogP) is 6.02. The Balaban J connectivity index is 1.24. The van der Waals surface area contributed by atoms with Crippen LogP contribution in [0.4, 0.5) is 5.95 Å². The highest BCUT2D eigenvalue weighted by atomic mass is 32.1. The quantitative estimate of drug-likeness (QED) is 0.248. The third kappa shape index (κ3) is 6.44. The lowest BCUT2D eigenvalue weighted by atomic mass is 9.85. The molecule has 222 valence electrons. The number of piperidine rings is 1. The Morgan fingerprint density at radius 2 is 1.88 bits per heavy atom. The molecule has 1 aromatic carbocycles. The topological polar surface area (TPSA) is 101 Å². The molecule has 2 N–H and O–H groups in total. The van der Waals surface area contributed by atoms with Gasteiger partial charge in [0, 0.05) is 40.9 Å². The summed E-state index contributed by atoms with van der Waals surface area (Å²) in [7, 11) is 0. The maximum absolute atomic E-state index is 13.4. The first-order chi connectivity index (χ1) is 20.4. The number of imidazole rings is 1. The minimum atomic E-state index is -0.204. The molecule has 1 saturated heterocycles. The monoisotopic (exact) mass is 588 g/mol. The van der Waals surface area contributed by atoms with Crippen LogP contribution >= 0.6 is 11.3 Å². The molecule has 0 atom stereocenters. The second-order valence-electron chi connectivity index (χ2n) is 11.9. The minimum Gasteiger partial charge on any atom is -0.491 e. The van der Waals surface area contributed by atoms with E-state index in [1.54, 1.807) is 17.5 Å². The third-order valence-corrected chi connectivity index (χ3v) is 9.33. The van der Waals surface area contributed by atoms with Crippen molar-refractivity contribution in [1.82, 2.24) is 24.8 Å². The van der Waals surface area contributed by atoms with Gasteiger partial charge in [-0.2, -0.15) is 4.98 Å². The zero-order valence-electron chi connectivity index (χ0n) is 24.5. The number of pyridine rings is 1. The second kappa shape index (κ2) is 12.8. The molecule has 4 aromatic rings. The Bertz CT molecular complexity index is 1550. The number of likely N-dealkylation sites (tertiary alicyclic amines) is 1. The number of thiophene rings is 1. The first-order valence-corrected chi connectivity index (χ1v) is 16.1. The molecule has 2 amide bonds. The zero-order valence-corrected chi connectivity index (χ0v) is 25.3. The van der Waals surface area contributed by atoms with Gasteiger partial charge < -0.3 is 14.6 Å². The lowest BCUT2D eigenvalue weighted by Gasteiger charge is -2.30. The van der Waals surface area contributed by atoms with Crippen LogP contribution in [-0.2, 0) is 4.79 Å². The molecule has 2 aliphatic rings. The summed E-state index contributed by atoms with van der Waals surface area (Å²) in [4.78, 5) is 38.0. The Morgan fingerprint density at radius 3 is 2.67 bits per heavy atom. The van der Waals surface area contributed by atoms with Gasteiger partial charge in [-0.3, -0.25) is 19.8 Å². The van der Waals surface area contributed by atoms with Gasteiger partial charge in [0.2, 0.25) is 11.9 Å². The number of nitrogens with one attached hydrogen (secondary N) is 2. The fourth-order valence-corrected chi connectivity index (χ4v) is 7.07. The Labute approximate surface area is 250 Å². The number of rotatable bonds is 9. The van der Waals surface area contributed by atoms with Crippen molar-refractivity contribution in [3.63, 3.8) is 0 Å². The van der Waals surface area contributed by atoms with Gasteiger partial charge in [-0.15, -0.1) is 11.3 Å². The smallest absolute Gasteiger partial charge is 0.258 e. The minimum absolute atomic E-state index is 0.000747. The average Bonchev–Trinajstić information content (AvgIpc) is 3.61. The normalized spacial score (nSPS) is 19.8. The van der Waals surface area contributed by atoms with Crippen LogP contribution in [-0.4, -0.2) is 63.5 Å². The van der Waals surface area contributed by atoms with Gasteiger partial charge in [0.15, 0.2) is 5.65 Å². The molecule has 9 nitrogen and oxygen atoms in total. The lowest BCUT2D eigenvalue weighted by molar-refractivity contribution is -0.126. The van der Waals surface area contributed by atoms with Crippen molar-refractivity contribution in [2.75, 3.05) is 31.6 Å². The number of aromatic nitrogens is 3. The number of hydrogen-bond acceptors (Lipinski definition) is 7. The van der Waals surface area contributed by atoms with Crippen molar-refractivity contribution < 1.29 is 14.3 Å². The van der Waals surface area contributed by atoms with Crippen molar-refractivity contribution >= 4 is 50.3 Å². The number of nitrogens with zero attached hydrogens (tertiary/aromatic N) is 4. The van der Waals surface area contributed by atoms with E-state index < -0.39 is 0 Å². The summed E-state index contributed by atoms with van der Waals surface area (Å²) in [6, 6.07) is 10.0. The Kier molecular flexibility index (Phi) is 8.71. The molecule has 1 aliphatic carbocycles. The summed E-state index contributed by atoms with van der Waals surface area (Å²) in [6.07, 6.45) is 8.73. The van der Waals surface area contributed by atoms with Crippen LogP contribution < -0.4 is 15.4 Å². The van der Waals surface area contributed by atoms with Gasteiger partial charge in [0.05, 0.1) is 11.7 Å². The summed E-state index contributed by atoms with van der Waals surface area (Å²) in [5, 5.41) is 9.30. The van der Waals surface area contributed by atoms with Crippen molar-refractivity contribution in [3.05, 3.63) is 47.5 Å². The van der Waals surface area contributed by atoms with Crippen molar-refractivity contribution in [2.24, 2.45) is 5.92 Å². The van der Waals surface area contributed by atoms with Crippen molar-refractivity contribution in [3.8, 4) is 5.75 Å². The fraction of sp³-hybridized carbons (Fsp3) is 0.500. The van der Waals surface area contributed by atoms with Crippen LogP contribution in [0, 0.1) is 5.92 Å². The maximum Gasteiger partial charge on any atom is 0.258 e. The largest absolute Gasteiger partial charge is 0.491 e. The summed E-state index contributed by atoms with van der Waals surface area (Å²) in [5.74, 6) is 1.11. The molecule has 10 heteroatoms. The summed E-state index contributed by atoms with van der Waals surface area (Å²) >= 11 is 1.62.